The second-order valence-electron chi connectivity index (χ2n) is 8.37. The van der Waals surface area contributed by atoms with E-state index in [0.717, 1.165) is 16.8 Å². The molecule has 1 saturated heterocycles. The molecule has 1 aliphatic rings. The Hall–Kier alpha value is -2.18. The lowest BCUT2D eigenvalue weighted by Gasteiger charge is -2.25. The number of carbonyl (C=O) groups excluding carboxylic acids is 1. The van der Waals surface area contributed by atoms with Crippen LogP contribution in [-0.4, -0.2) is 55.9 Å². The minimum absolute atomic E-state index is 0.176. The van der Waals surface area contributed by atoms with Gasteiger partial charge in [0.2, 0.25) is 0 Å². The van der Waals surface area contributed by atoms with Gasteiger partial charge < -0.3 is 19.1 Å². The number of aliphatic hydroxyl groups is 1. The number of hydrogen-bond acceptors (Lipinski definition) is 9. The molecule has 12 nitrogen and oxygen atoms in total. The fourth-order valence-electron chi connectivity index (χ4n) is 3.27. The number of nitrogens with one attached hydrogen (secondary N) is 2. The van der Waals surface area contributed by atoms with Crippen molar-refractivity contribution < 1.29 is 33.0 Å². The molecule has 1 aromatic heterocycles. The standard InChI is InChI=1S/C22H28Cl2N3O9P/c1-4-13(2)34-19(30)14(3)26-37(32,36-15-8-6-5-7-9-15)33-12-16-18(29)22(23,24)20(35-16)27-11-10-17(28)25-21(27)31/h5-11,13-14,16,18,20,29H,4,12H2,1-3H3,(H,26,32)(H,25,28,31)/t13-,14?,16-,18-,20-,37?/m1/s1. The number of aromatic amines is 1. The van der Waals surface area contributed by atoms with Crippen molar-refractivity contribution in [2.24, 2.45) is 0 Å². The molecule has 204 valence electrons. The Labute approximate surface area is 222 Å². The van der Waals surface area contributed by atoms with Crippen LogP contribution in [0.4, 0.5) is 0 Å². The van der Waals surface area contributed by atoms with Crippen LogP contribution < -0.4 is 20.9 Å². The van der Waals surface area contributed by atoms with Gasteiger partial charge in [0.1, 0.15) is 24.0 Å². The van der Waals surface area contributed by atoms with Gasteiger partial charge in [0, 0.05) is 12.3 Å². The number of alkyl halides is 2. The van der Waals surface area contributed by atoms with Gasteiger partial charge in [-0.3, -0.25) is 23.7 Å². The molecule has 0 aliphatic carbocycles. The zero-order chi connectivity index (χ0) is 27.4. The summed E-state index contributed by atoms with van der Waals surface area (Å²) < 4.78 is 34.6. The number of H-pyrrole nitrogens is 1. The number of halogens is 2. The highest BCUT2D eigenvalue weighted by molar-refractivity contribution is 7.52. The number of aromatic nitrogens is 2. The zero-order valence-electron chi connectivity index (χ0n) is 20.2. The number of rotatable bonds is 11. The van der Waals surface area contributed by atoms with Crippen molar-refractivity contribution in [2.75, 3.05) is 6.61 Å². The Morgan fingerprint density at radius 2 is 1.95 bits per heavy atom. The van der Waals surface area contributed by atoms with E-state index in [1.54, 1.807) is 25.1 Å². The molecule has 2 unspecified atom stereocenters. The van der Waals surface area contributed by atoms with Crippen molar-refractivity contribution in [1.29, 1.82) is 0 Å². The minimum atomic E-state index is -4.28. The van der Waals surface area contributed by atoms with Gasteiger partial charge in [-0.15, -0.1) is 0 Å². The Kier molecular flexibility index (Phi) is 9.62. The Morgan fingerprint density at radius 3 is 2.57 bits per heavy atom. The number of carbonyl (C=O) groups is 1. The predicted molar refractivity (Wildman–Crippen MR) is 135 cm³/mol. The lowest BCUT2D eigenvalue weighted by Crippen LogP contribution is -2.41. The van der Waals surface area contributed by atoms with E-state index in [0.29, 0.717) is 6.42 Å². The molecule has 3 rings (SSSR count). The third kappa shape index (κ3) is 7.23. The number of benzene rings is 1. The fraction of sp³-hybridized carbons (Fsp3) is 0.500. The van der Waals surface area contributed by atoms with Crippen LogP contribution in [0.25, 0.3) is 0 Å². The number of para-hydroxylation sites is 1. The summed E-state index contributed by atoms with van der Waals surface area (Å²) in [7, 11) is -4.28. The molecule has 15 heteroatoms. The van der Waals surface area contributed by atoms with E-state index in [1.807, 2.05) is 11.9 Å². The number of ether oxygens (including phenoxy) is 2. The van der Waals surface area contributed by atoms with Crippen LogP contribution in [0.3, 0.4) is 0 Å². The SMILES string of the molecule is CC[C@@H](C)OC(=O)C(C)NP(=O)(OC[C@H]1O[C@@H](n2ccc(=O)[nH]c2=O)C(Cl)(Cl)[C@@H]1O)Oc1ccccc1. The summed E-state index contributed by atoms with van der Waals surface area (Å²) in [5.41, 5.74) is -1.52. The van der Waals surface area contributed by atoms with Crippen molar-refractivity contribution >= 4 is 36.9 Å². The van der Waals surface area contributed by atoms with Gasteiger partial charge in [0.25, 0.3) is 5.56 Å². The van der Waals surface area contributed by atoms with Gasteiger partial charge in [-0.2, -0.15) is 5.09 Å². The number of nitrogens with zero attached hydrogens (tertiary/aromatic N) is 1. The molecule has 6 atom stereocenters. The highest BCUT2D eigenvalue weighted by atomic mass is 35.5. The summed E-state index contributed by atoms with van der Waals surface area (Å²) in [6, 6.07) is 8.03. The highest BCUT2D eigenvalue weighted by Gasteiger charge is 2.56. The topological polar surface area (TPSA) is 158 Å². The van der Waals surface area contributed by atoms with Crippen LogP contribution in [0.2, 0.25) is 0 Å². The van der Waals surface area contributed by atoms with E-state index in [9.17, 15) is 24.1 Å². The third-order valence-corrected chi connectivity index (χ3v) is 7.92. The van der Waals surface area contributed by atoms with Crippen molar-refractivity contribution in [2.45, 2.75) is 62.1 Å². The van der Waals surface area contributed by atoms with E-state index in [-0.39, 0.29) is 11.9 Å². The normalized spacial score (nSPS) is 24.1. The summed E-state index contributed by atoms with van der Waals surface area (Å²) in [4.78, 5) is 38.1. The van der Waals surface area contributed by atoms with Crippen LogP contribution in [0.1, 0.15) is 33.4 Å². The van der Waals surface area contributed by atoms with Crippen molar-refractivity contribution in [3.8, 4) is 5.75 Å². The minimum Gasteiger partial charge on any atom is -0.462 e. The fourth-order valence-corrected chi connectivity index (χ4v) is 5.37. The molecular formula is C22H28Cl2N3O9P. The highest BCUT2D eigenvalue weighted by Crippen LogP contribution is 2.49. The predicted octanol–water partition coefficient (Wildman–Crippen LogP) is 2.49. The number of hydrogen-bond donors (Lipinski definition) is 3. The van der Waals surface area contributed by atoms with Crippen LogP contribution in [0.5, 0.6) is 5.75 Å². The van der Waals surface area contributed by atoms with Gasteiger partial charge in [0.05, 0.1) is 12.7 Å². The first-order valence-electron chi connectivity index (χ1n) is 11.4. The maximum Gasteiger partial charge on any atom is 0.459 e. The quantitative estimate of drug-likeness (QED) is 0.205. The second-order valence-corrected chi connectivity index (χ2v) is 11.5. The van der Waals surface area contributed by atoms with Gasteiger partial charge >= 0.3 is 19.4 Å². The Balaban J connectivity index is 1.79. The molecule has 2 heterocycles. The smallest absolute Gasteiger partial charge is 0.459 e. The molecular weight excluding hydrogens is 552 g/mol. The van der Waals surface area contributed by atoms with E-state index in [4.69, 9.17) is 41.7 Å². The van der Waals surface area contributed by atoms with Crippen molar-refractivity contribution in [1.82, 2.24) is 14.6 Å². The van der Waals surface area contributed by atoms with Crippen LogP contribution in [0, 0.1) is 0 Å². The lowest BCUT2D eigenvalue weighted by molar-refractivity contribution is -0.150. The first-order valence-corrected chi connectivity index (χ1v) is 13.7. The molecule has 1 fully saturated rings. The summed E-state index contributed by atoms with van der Waals surface area (Å²) in [5, 5.41) is 13.2. The molecule has 0 bridgehead atoms. The number of aliphatic hydroxyl groups excluding tert-OH is 1. The average molecular weight is 580 g/mol. The summed E-state index contributed by atoms with van der Waals surface area (Å²) >= 11 is 12.6. The van der Waals surface area contributed by atoms with Gasteiger partial charge in [-0.25, -0.2) is 9.36 Å². The Bertz CT molecular complexity index is 1240. The van der Waals surface area contributed by atoms with E-state index >= 15 is 0 Å². The number of esters is 1. The van der Waals surface area contributed by atoms with E-state index in [1.165, 1.54) is 19.1 Å². The molecule has 0 radical (unpaired) electrons. The third-order valence-electron chi connectivity index (χ3n) is 5.46. The molecule has 37 heavy (non-hydrogen) atoms. The van der Waals surface area contributed by atoms with Gasteiger partial charge in [0.15, 0.2) is 10.6 Å². The summed E-state index contributed by atoms with van der Waals surface area (Å²) in [5.74, 6) is -0.500. The van der Waals surface area contributed by atoms with Crippen LogP contribution in [0.15, 0.2) is 52.2 Å². The summed E-state index contributed by atoms with van der Waals surface area (Å²) in [6.45, 7) is 4.42. The second kappa shape index (κ2) is 12.1. The monoisotopic (exact) mass is 579 g/mol. The molecule has 3 N–H and O–H groups in total. The van der Waals surface area contributed by atoms with Gasteiger partial charge in [-0.1, -0.05) is 48.3 Å². The first-order chi connectivity index (χ1) is 17.4. The van der Waals surface area contributed by atoms with Gasteiger partial charge in [-0.05, 0) is 32.4 Å². The largest absolute Gasteiger partial charge is 0.462 e. The van der Waals surface area contributed by atoms with Crippen molar-refractivity contribution in [3.05, 3.63) is 63.4 Å². The molecule has 0 spiro atoms. The average Bonchev–Trinajstić information content (AvgIpc) is 3.06. The molecule has 2 aromatic rings. The maximum atomic E-state index is 13.7. The van der Waals surface area contributed by atoms with E-state index in [2.05, 4.69) is 5.09 Å². The molecule has 1 aliphatic heterocycles. The molecule has 0 amide bonds. The molecule has 0 saturated carbocycles. The molecule has 1 aromatic carbocycles. The van der Waals surface area contributed by atoms with E-state index < -0.39 is 60.4 Å². The summed E-state index contributed by atoms with van der Waals surface area (Å²) in [6.07, 6.45) is -2.98. The first kappa shape index (κ1) is 29.4. The zero-order valence-corrected chi connectivity index (χ0v) is 22.6. The van der Waals surface area contributed by atoms with Crippen LogP contribution >= 0.6 is 30.9 Å². The maximum absolute atomic E-state index is 13.7. The van der Waals surface area contributed by atoms with Crippen molar-refractivity contribution in [3.63, 3.8) is 0 Å². The lowest BCUT2D eigenvalue weighted by atomic mass is 10.2. The Morgan fingerprint density at radius 1 is 1.27 bits per heavy atom. The van der Waals surface area contributed by atoms with Crippen LogP contribution in [-0.2, 0) is 23.4 Å².